The molecule has 0 saturated heterocycles. The van der Waals surface area contributed by atoms with Crippen LogP contribution in [-0.4, -0.2) is 0 Å². The summed E-state index contributed by atoms with van der Waals surface area (Å²) in [6.45, 7) is 0. The van der Waals surface area contributed by atoms with Gasteiger partial charge in [-0.3, -0.25) is 0 Å². The molecule has 0 aliphatic heterocycles. The molecule has 11 heavy (non-hydrogen) atoms. The molecule has 0 heterocycles. The highest BCUT2D eigenvalue weighted by molar-refractivity contribution is 6.66. The summed E-state index contributed by atoms with van der Waals surface area (Å²) in [5.41, 5.74) is 6.72. The molecule has 0 radical (unpaired) electrons. The summed E-state index contributed by atoms with van der Waals surface area (Å²) in [4.78, 5) is 0. The Morgan fingerprint density at radius 3 is 1.82 bits per heavy atom. The molecule has 2 N–H and O–H groups in total. The lowest BCUT2D eigenvalue weighted by Crippen LogP contribution is -1.99. The molecule has 1 nitrogen and oxygen atoms in total. The monoisotopic (exact) mass is 209 g/mol. The van der Waals surface area contributed by atoms with E-state index in [1.165, 1.54) is 0 Å². The molecular weight excluding hydrogens is 204 g/mol. The summed E-state index contributed by atoms with van der Waals surface area (Å²) >= 11 is 16.8. The van der Waals surface area contributed by atoms with E-state index in [0.717, 1.165) is 0 Å². The fraction of sp³-hybridized carbons (Fsp3) is 0.143. The van der Waals surface area contributed by atoms with Gasteiger partial charge in [-0.2, -0.15) is 0 Å². The van der Waals surface area contributed by atoms with Crippen LogP contribution >= 0.6 is 34.8 Å². The number of hydrogen-bond donors (Lipinski definition) is 1. The summed E-state index contributed by atoms with van der Waals surface area (Å²) in [7, 11) is 0. The molecular formula is C7H6Cl3N. The maximum absolute atomic E-state index is 5.60. The van der Waals surface area contributed by atoms with Gasteiger partial charge in [-0.25, -0.2) is 0 Å². The van der Waals surface area contributed by atoms with E-state index >= 15 is 0 Å². The van der Waals surface area contributed by atoms with Gasteiger partial charge in [-0.1, -0.05) is 46.9 Å². The smallest absolute Gasteiger partial charge is 0.216 e. The number of anilines is 1. The molecule has 0 aromatic heterocycles. The third kappa shape index (κ3) is 2.44. The van der Waals surface area contributed by atoms with E-state index in [1.54, 1.807) is 24.3 Å². The number of halogens is 3. The quantitative estimate of drug-likeness (QED) is 0.517. The normalized spacial score (nSPS) is 11.5. The Bertz CT molecular complexity index is 237. The van der Waals surface area contributed by atoms with Crippen molar-refractivity contribution in [2.45, 2.75) is 3.79 Å². The van der Waals surface area contributed by atoms with Crippen LogP contribution in [0.25, 0.3) is 0 Å². The molecule has 4 heteroatoms. The van der Waals surface area contributed by atoms with E-state index in [4.69, 9.17) is 40.5 Å². The molecule has 1 rings (SSSR count). The first-order chi connectivity index (χ1) is 5.00. The average Bonchev–Trinajstić information content (AvgIpc) is 1.86. The van der Waals surface area contributed by atoms with Gasteiger partial charge in [-0.15, -0.1) is 0 Å². The standard InChI is InChI=1S/C7H6Cl3N/c8-7(9,10)5-1-3-6(11)4-2-5/h1-4H,11H2. The number of nitrogen functional groups attached to an aromatic ring is 1. The maximum atomic E-state index is 5.60. The van der Waals surface area contributed by atoms with Crippen LogP contribution in [0.5, 0.6) is 0 Å². The van der Waals surface area contributed by atoms with Gasteiger partial charge >= 0.3 is 0 Å². The predicted octanol–water partition coefficient (Wildman–Crippen LogP) is 3.10. The van der Waals surface area contributed by atoms with Crippen LogP contribution in [-0.2, 0) is 3.79 Å². The first kappa shape index (κ1) is 8.98. The third-order valence-corrected chi connectivity index (χ3v) is 1.89. The lowest BCUT2D eigenvalue weighted by atomic mass is 10.2. The Balaban J connectivity index is 2.99. The minimum atomic E-state index is -1.35. The van der Waals surface area contributed by atoms with Crippen molar-refractivity contribution < 1.29 is 0 Å². The van der Waals surface area contributed by atoms with E-state index in [-0.39, 0.29) is 0 Å². The molecule has 0 spiro atoms. The van der Waals surface area contributed by atoms with Crippen LogP contribution < -0.4 is 5.73 Å². The molecule has 0 saturated carbocycles. The number of benzene rings is 1. The number of nitrogens with two attached hydrogens (primary N) is 1. The minimum Gasteiger partial charge on any atom is -0.399 e. The van der Waals surface area contributed by atoms with Crippen LogP contribution in [0.2, 0.25) is 0 Å². The van der Waals surface area contributed by atoms with Crippen molar-refractivity contribution in [2.24, 2.45) is 0 Å². The molecule has 0 fully saturated rings. The number of alkyl halides is 3. The summed E-state index contributed by atoms with van der Waals surface area (Å²) < 4.78 is -1.35. The summed E-state index contributed by atoms with van der Waals surface area (Å²) in [5, 5.41) is 0. The van der Waals surface area contributed by atoms with E-state index in [9.17, 15) is 0 Å². The van der Waals surface area contributed by atoms with Gasteiger partial charge in [0.2, 0.25) is 3.79 Å². The van der Waals surface area contributed by atoms with Crippen molar-refractivity contribution in [1.82, 2.24) is 0 Å². The summed E-state index contributed by atoms with van der Waals surface area (Å²) in [6.07, 6.45) is 0. The Morgan fingerprint density at radius 2 is 1.45 bits per heavy atom. The van der Waals surface area contributed by atoms with Crippen LogP contribution in [0.4, 0.5) is 5.69 Å². The zero-order valence-corrected chi connectivity index (χ0v) is 7.79. The molecule has 0 aliphatic carbocycles. The predicted molar refractivity (Wildman–Crippen MR) is 50.1 cm³/mol. The Morgan fingerprint density at radius 1 is 1.00 bits per heavy atom. The topological polar surface area (TPSA) is 26.0 Å². The first-order valence-corrected chi connectivity index (χ1v) is 4.06. The van der Waals surface area contributed by atoms with Gasteiger partial charge in [0.1, 0.15) is 0 Å². The zero-order chi connectivity index (χ0) is 8.48. The Kier molecular flexibility index (Phi) is 2.53. The molecule has 0 aliphatic rings. The number of rotatable bonds is 0. The summed E-state index contributed by atoms with van der Waals surface area (Å²) in [5.74, 6) is 0. The van der Waals surface area contributed by atoms with E-state index in [2.05, 4.69) is 0 Å². The van der Waals surface area contributed by atoms with Crippen LogP contribution in [0.15, 0.2) is 24.3 Å². The number of hydrogen-bond acceptors (Lipinski definition) is 1. The minimum absolute atomic E-state index is 0.622. The molecule has 1 aromatic carbocycles. The van der Waals surface area contributed by atoms with Gasteiger partial charge in [0, 0.05) is 11.3 Å². The largest absolute Gasteiger partial charge is 0.399 e. The van der Waals surface area contributed by atoms with E-state index in [1.807, 2.05) is 0 Å². The lowest BCUT2D eigenvalue weighted by molar-refractivity contribution is 1.24. The van der Waals surface area contributed by atoms with Crippen LogP contribution in [0.3, 0.4) is 0 Å². The Labute approximate surface area is 80.0 Å². The Hall–Kier alpha value is -0.110. The lowest BCUT2D eigenvalue weighted by Gasteiger charge is -2.10. The SMILES string of the molecule is Nc1ccc(C(Cl)(Cl)Cl)cc1. The van der Waals surface area contributed by atoms with Crippen molar-refractivity contribution in [3.05, 3.63) is 29.8 Å². The van der Waals surface area contributed by atoms with Crippen molar-refractivity contribution >= 4 is 40.5 Å². The van der Waals surface area contributed by atoms with Gasteiger partial charge in [0.15, 0.2) is 0 Å². The van der Waals surface area contributed by atoms with Gasteiger partial charge < -0.3 is 5.73 Å². The molecule has 0 bridgehead atoms. The fourth-order valence-corrected chi connectivity index (χ4v) is 1.05. The zero-order valence-electron chi connectivity index (χ0n) is 5.52. The fourth-order valence-electron chi connectivity index (χ4n) is 0.672. The average molecular weight is 210 g/mol. The highest BCUT2D eigenvalue weighted by atomic mass is 35.6. The van der Waals surface area contributed by atoms with Crippen LogP contribution in [0, 0.1) is 0 Å². The van der Waals surface area contributed by atoms with E-state index in [0.29, 0.717) is 11.3 Å². The van der Waals surface area contributed by atoms with Crippen molar-refractivity contribution in [2.75, 3.05) is 5.73 Å². The highest BCUT2D eigenvalue weighted by Crippen LogP contribution is 2.38. The van der Waals surface area contributed by atoms with Crippen LogP contribution in [0.1, 0.15) is 5.56 Å². The van der Waals surface area contributed by atoms with Crippen molar-refractivity contribution in [3.63, 3.8) is 0 Å². The molecule has 60 valence electrons. The molecule has 0 atom stereocenters. The summed E-state index contributed by atoms with van der Waals surface area (Å²) in [6, 6.07) is 6.75. The molecule has 0 amide bonds. The van der Waals surface area contributed by atoms with Gasteiger partial charge in [-0.05, 0) is 12.1 Å². The van der Waals surface area contributed by atoms with Gasteiger partial charge in [0.05, 0.1) is 0 Å². The molecule has 1 aromatic rings. The second-order valence-corrected chi connectivity index (χ2v) is 4.40. The maximum Gasteiger partial charge on any atom is 0.216 e. The first-order valence-electron chi connectivity index (χ1n) is 2.93. The third-order valence-electron chi connectivity index (χ3n) is 1.24. The van der Waals surface area contributed by atoms with Crippen molar-refractivity contribution in [3.8, 4) is 0 Å². The second kappa shape index (κ2) is 3.10. The highest BCUT2D eigenvalue weighted by Gasteiger charge is 2.21. The van der Waals surface area contributed by atoms with Gasteiger partial charge in [0.25, 0.3) is 0 Å². The molecule has 0 unspecified atom stereocenters. The van der Waals surface area contributed by atoms with E-state index < -0.39 is 3.79 Å². The van der Waals surface area contributed by atoms with Crippen molar-refractivity contribution in [1.29, 1.82) is 0 Å². The second-order valence-electron chi connectivity index (χ2n) is 2.12.